The van der Waals surface area contributed by atoms with E-state index in [1.807, 2.05) is 24.3 Å². The third kappa shape index (κ3) is 5.44. The second kappa shape index (κ2) is 8.31. The van der Waals surface area contributed by atoms with Gasteiger partial charge in [-0.1, -0.05) is 38.1 Å². The van der Waals surface area contributed by atoms with Crippen LogP contribution in [0.1, 0.15) is 25.0 Å². The molecule has 0 saturated carbocycles. The molecule has 0 aromatic heterocycles. The first-order valence-corrected chi connectivity index (χ1v) is 7.98. The summed E-state index contributed by atoms with van der Waals surface area (Å²) in [7, 11) is 0. The Labute approximate surface area is 146 Å². The van der Waals surface area contributed by atoms with Crippen LogP contribution in [0, 0.1) is 0 Å². The van der Waals surface area contributed by atoms with Crippen LogP contribution >= 0.6 is 0 Å². The van der Waals surface area contributed by atoms with Crippen LogP contribution in [0.4, 0.5) is 0 Å². The van der Waals surface area contributed by atoms with Crippen molar-refractivity contribution >= 4 is 0 Å². The molecule has 0 aliphatic carbocycles. The van der Waals surface area contributed by atoms with Gasteiger partial charge in [-0.3, -0.25) is 0 Å². The molecule has 136 valence electrons. The standard InChI is InChI=1S/C19H24O6/c1-19(2,13-3-7-15(8-4-13)24-11-17(20)21)14-5-9-16(10-6-14)25-12-18(22)23/h3-10,17-18,20-23H,11-12H2,1-2H3. The van der Waals surface area contributed by atoms with E-state index in [2.05, 4.69) is 13.8 Å². The third-order valence-corrected chi connectivity index (χ3v) is 3.95. The molecule has 0 amide bonds. The molecule has 0 radical (unpaired) electrons. The molecule has 0 saturated heterocycles. The van der Waals surface area contributed by atoms with Crippen LogP contribution < -0.4 is 9.47 Å². The zero-order valence-electron chi connectivity index (χ0n) is 14.3. The zero-order chi connectivity index (χ0) is 18.4. The van der Waals surface area contributed by atoms with Gasteiger partial charge < -0.3 is 29.9 Å². The van der Waals surface area contributed by atoms with E-state index in [1.165, 1.54) is 0 Å². The van der Waals surface area contributed by atoms with Crippen molar-refractivity contribution in [1.82, 2.24) is 0 Å². The van der Waals surface area contributed by atoms with Crippen molar-refractivity contribution < 1.29 is 29.9 Å². The molecule has 6 nitrogen and oxygen atoms in total. The van der Waals surface area contributed by atoms with Crippen molar-refractivity contribution in [2.24, 2.45) is 0 Å². The molecule has 6 heteroatoms. The van der Waals surface area contributed by atoms with Gasteiger partial charge in [0.2, 0.25) is 0 Å². The van der Waals surface area contributed by atoms with Gasteiger partial charge in [-0.05, 0) is 35.4 Å². The average molecular weight is 348 g/mol. The fraction of sp³-hybridized carbons (Fsp3) is 0.368. The van der Waals surface area contributed by atoms with Crippen LogP contribution in [0.2, 0.25) is 0 Å². The van der Waals surface area contributed by atoms with Crippen molar-refractivity contribution in [2.45, 2.75) is 31.8 Å². The Morgan fingerprint density at radius 3 is 1.28 bits per heavy atom. The van der Waals surface area contributed by atoms with Crippen LogP contribution in [-0.2, 0) is 5.41 Å². The quantitative estimate of drug-likeness (QED) is 0.538. The molecular formula is C19H24O6. The van der Waals surface area contributed by atoms with Gasteiger partial charge in [0, 0.05) is 5.41 Å². The van der Waals surface area contributed by atoms with E-state index in [-0.39, 0.29) is 18.6 Å². The van der Waals surface area contributed by atoms with Crippen molar-refractivity contribution in [1.29, 1.82) is 0 Å². The van der Waals surface area contributed by atoms with Crippen LogP contribution in [0.3, 0.4) is 0 Å². The first-order valence-electron chi connectivity index (χ1n) is 7.98. The molecule has 0 aliphatic heterocycles. The lowest BCUT2D eigenvalue weighted by Crippen LogP contribution is -2.19. The van der Waals surface area contributed by atoms with Gasteiger partial charge in [0.15, 0.2) is 12.6 Å². The molecule has 2 aromatic carbocycles. The maximum absolute atomic E-state index is 8.83. The van der Waals surface area contributed by atoms with Crippen LogP contribution in [0.15, 0.2) is 48.5 Å². The minimum Gasteiger partial charge on any atom is -0.488 e. The van der Waals surface area contributed by atoms with Crippen LogP contribution in [-0.4, -0.2) is 46.2 Å². The fourth-order valence-electron chi connectivity index (χ4n) is 2.44. The number of ether oxygens (including phenoxy) is 2. The lowest BCUT2D eigenvalue weighted by molar-refractivity contribution is -0.0684. The summed E-state index contributed by atoms with van der Waals surface area (Å²) >= 11 is 0. The summed E-state index contributed by atoms with van der Waals surface area (Å²) in [5, 5.41) is 35.3. The minimum absolute atomic E-state index is 0.174. The molecule has 2 rings (SSSR count). The SMILES string of the molecule is CC(C)(c1ccc(OCC(O)O)cc1)c1ccc(OCC(O)O)cc1. The molecular weight excluding hydrogens is 324 g/mol. The minimum atomic E-state index is -1.50. The number of aliphatic hydroxyl groups excluding tert-OH is 2. The molecule has 0 unspecified atom stereocenters. The summed E-state index contributed by atoms with van der Waals surface area (Å²) in [5.41, 5.74) is 1.89. The summed E-state index contributed by atoms with van der Waals surface area (Å²) in [6.07, 6.45) is -2.99. The second-order valence-corrected chi connectivity index (χ2v) is 6.26. The molecule has 4 N–H and O–H groups in total. The predicted octanol–water partition coefficient (Wildman–Crippen LogP) is 1.39. The highest BCUT2D eigenvalue weighted by Gasteiger charge is 2.23. The molecule has 25 heavy (non-hydrogen) atoms. The van der Waals surface area contributed by atoms with Gasteiger partial charge in [0.1, 0.15) is 24.7 Å². The zero-order valence-corrected chi connectivity index (χ0v) is 14.3. The Morgan fingerprint density at radius 2 is 1.00 bits per heavy atom. The lowest BCUT2D eigenvalue weighted by Gasteiger charge is -2.26. The van der Waals surface area contributed by atoms with Crippen molar-refractivity contribution in [3.05, 3.63) is 59.7 Å². The largest absolute Gasteiger partial charge is 0.488 e. The highest BCUT2D eigenvalue weighted by Crippen LogP contribution is 2.33. The van der Waals surface area contributed by atoms with Crippen molar-refractivity contribution in [2.75, 3.05) is 13.2 Å². The molecule has 0 aliphatic rings. The molecule has 0 spiro atoms. The van der Waals surface area contributed by atoms with E-state index < -0.39 is 12.6 Å². The second-order valence-electron chi connectivity index (χ2n) is 6.26. The summed E-state index contributed by atoms with van der Waals surface area (Å²) < 4.78 is 10.5. The smallest absolute Gasteiger partial charge is 0.186 e. The van der Waals surface area contributed by atoms with E-state index in [0.717, 1.165) is 11.1 Å². The summed E-state index contributed by atoms with van der Waals surface area (Å²) in [5.74, 6) is 1.14. The van der Waals surface area contributed by atoms with E-state index in [1.54, 1.807) is 24.3 Å². The first kappa shape index (κ1) is 19.2. The molecule has 0 bridgehead atoms. The maximum Gasteiger partial charge on any atom is 0.186 e. The Balaban J connectivity index is 2.09. The summed E-state index contributed by atoms with van der Waals surface area (Å²) in [4.78, 5) is 0. The topological polar surface area (TPSA) is 99.4 Å². The summed E-state index contributed by atoms with van der Waals surface area (Å²) in [6.45, 7) is 3.83. The Morgan fingerprint density at radius 1 is 0.680 bits per heavy atom. The highest BCUT2D eigenvalue weighted by molar-refractivity contribution is 5.41. The number of benzene rings is 2. The molecule has 0 atom stereocenters. The van der Waals surface area contributed by atoms with Gasteiger partial charge >= 0.3 is 0 Å². The summed E-state index contributed by atoms with van der Waals surface area (Å²) in [6, 6.07) is 14.9. The van der Waals surface area contributed by atoms with Gasteiger partial charge in [0.05, 0.1) is 0 Å². The lowest BCUT2D eigenvalue weighted by atomic mass is 9.78. The normalized spacial score (nSPS) is 11.8. The Hall–Kier alpha value is -2.12. The van der Waals surface area contributed by atoms with Gasteiger partial charge in [-0.15, -0.1) is 0 Å². The highest BCUT2D eigenvalue weighted by atomic mass is 16.5. The maximum atomic E-state index is 8.83. The van der Waals surface area contributed by atoms with E-state index in [4.69, 9.17) is 29.9 Å². The van der Waals surface area contributed by atoms with E-state index in [9.17, 15) is 0 Å². The third-order valence-electron chi connectivity index (χ3n) is 3.95. The molecule has 0 heterocycles. The predicted molar refractivity (Wildman–Crippen MR) is 92.5 cm³/mol. The number of hydrogen-bond acceptors (Lipinski definition) is 6. The van der Waals surface area contributed by atoms with Crippen LogP contribution in [0.5, 0.6) is 11.5 Å². The Kier molecular flexibility index (Phi) is 6.39. The van der Waals surface area contributed by atoms with Crippen LogP contribution in [0.25, 0.3) is 0 Å². The number of rotatable bonds is 8. The molecule has 2 aromatic rings. The van der Waals surface area contributed by atoms with Gasteiger partial charge in [0.25, 0.3) is 0 Å². The van der Waals surface area contributed by atoms with Gasteiger partial charge in [-0.2, -0.15) is 0 Å². The number of hydrogen-bond donors (Lipinski definition) is 4. The number of aliphatic hydroxyl groups is 4. The van der Waals surface area contributed by atoms with Crippen molar-refractivity contribution in [3.8, 4) is 11.5 Å². The van der Waals surface area contributed by atoms with Gasteiger partial charge in [-0.25, -0.2) is 0 Å². The Bertz CT molecular complexity index is 589. The average Bonchev–Trinajstić information content (AvgIpc) is 2.59. The van der Waals surface area contributed by atoms with Crippen molar-refractivity contribution in [3.63, 3.8) is 0 Å². The fourth-order valence-corrected chi connectivity index (χ4v) is 2.44. The monoisotopic (exact) mass is 348 g/mol. The van der Waals surface area contributed by atoms with E-state index >= 15 is 0 Å². The first-order chi connectivity index (χ1) is 11.8. The van der Waals surface area contributed by atoms with E-state index in [0.29, 0.717) is 11.5 Å². The molecule has 0 fully saturated rings.